The molecule has 1 atom stereocenters. The molecule has 0 saturated heterocycles. The summed E-state index contributed by atoms with van der Waals surface area (Å²) in [5.74, 6) is 0.612. The zero-order valence-electron chi connectivity index (χ0n) is 10.8. The van der Waals surface area contributed by atoms with Gasteiger partial charge < -0.3 is 10.5 Å². The molecule has 0 aliphatic carbocycles. The number of rotatable bonds is 6. The second-order valence-corrected chi connectivity index (χ2v) is 4.43. The van der Waals surface area contributed by atoms with Gasteiger partial charge in [-0.15, -0.1) is 0 Å². The smallest absolute Gasteiger partial charge is 0.127 e. The minimum absolute atomic E-state index is 0.237. The van der Waals surface area contributed by atoms with E-state index in [9.17, 15) is 4.39 Å². The summed E-state index contributed by atoms with van der Waals surface area (Å²) in [6.07, 6.45) is 1.50. The van der Waals surface area contributed by atoms with Gasteiger partial charge in [0.05, 0.1) is 6.61 Å². The van der Waals surface area contributed by atoms with Crippen LogP contribution in [-0.2, 0) is 0 Å². The molecule has 100 valence electrons. The molecule has 0 spiro atoms. The molecule has 0 aliphatic heterocycles. The van der Waals surface area contributed by atoms with Crippen LogP contribution in [0.3, 0.4) is 0 Å². The maximum atomic E-state index is 13.5. The fourth-order valence-corrected chi connectivity index (χ4v) is 1.94. The summed E-state index contributed by atoms with van der Waals surface area (Å²) in [6.45, 7) is 0.589. The minimum Gasteiger partial charge on any atom is -0.494 e. The largest absolute Gasteiger partial charge is 0.494 e. The molecular formula is C16H18FNO. The number of ether oxygens (including phenoxy) is 1. The standard InChI is InChI=1S/C16H18FNO/c17-15-10-5-4-9-14(15)16(18)11-6-12-19-13-7-2-1-3-8-13/h1-5,7-10,16H,6,11-12,18H2. The average Bonchev–Trinajstić information content (AvgIpc) is 2.45. The minimum atomic E-state index is -0.277. The van der Waals surface area contributed by atoms with Crippen LogP contribution in [0.1, 0.15) is 24.4 Å². The summed E-state index contributed by atoms with van der Waals surface area (Å²) in [5.41, 5.74) is 6.55. The van der Waals surface area contributed by atoms with E-state index >= 15 is 0 Å². The van der Waals surface area contributed by atoms with Crippen LogP contribution in [0.4, 0.5) is 4.39 Å². The fraction of sp³-hybridized carbons (Fsp3) is 0.250. The van der Waals surface area contributed by atoms with Crippen molar-refractivity contribution in [3.05, 3.63) is 66.0 Å². The van der Waals surface area contributed by atoms with Gasteiger partial charge in [0.15, 0.2) is 0 Å². The molecule has 2 nitrogen and oxygen atoms in total. The van der Waals surface area contributed by atoms with E-state index in [1.54, 1.807) is 18.2 Å². The van der Waals surface area contributed by atoms with Crippen molar-refractivity contribution in [1.29, 1.82) is 0 Å². The zero-order valence-corrected chi connectivity index (χ0v) is 10.8. The lowest BCUT2D eigenvalue weighted by Gasteiger charge is -2.13. The molecule has 2 N–H and O–H groups in total. The van der Waals surface area contributed by atoms with Crippen molar-refractivity contribution in [1.82, 2.24) is 0 Å². The second kappa shape index (κ2) is 6.90. The molecule has 3 heteroatoms. The van der Waals surface area contributed by atoms with Crippen LogP contribution in [0.15, 0.2) is 54.6 Å². The summed E-state index contributed by atoms with van der Waals surface area (Å²) in [7, 11) is 0. The molecule has 0 aromatic heterocycles. The highest BCUT2D eigenvalue weighted by atomic mass is 19.1. The van der Waals surface area contributed by atoms with E-state index in [0.29, 0.717) is 18.6 Å². The SMILES string of the molecule is NC(CCCOc1ccccc1)c1ccccc1F. The molecule has 2 aromatic rings. The van der Waals surface area contributed by atoms with Crippen LogP contribution in [-0.4, -0.2) is 6.61 Å². The number of nitrogens with two attached hydrogens (primary N) is 1. The van der Waals surface area contributed by atoms with Gasteiger partial charge in [-0.2, -0.15) is 0 Å². The molecule has 2 aromatic carbocycles. The molecule has 1 unspecified atom stereocenters. The van der Waals surface area contributed by atoms with Gasteiger partial charge in [-0.3, -0.25) is 0 Å². The molecular weight excluding hydrogens is 241 g/mol. The van der Waals surface area contributed by atoms with Gasteiger partial charge in [-0.25, -0.2) is 4.39 Å². The van der Waals surface area contributed by atoms with Crippen molar-refractivity contribution in [3.8, 4) is 5.75 Å². The summed E-state index contributed by atoms with van der Waals surface area (Å²) in [4.78, 5) is 0. The predicted octanol–water partition coefficient (Wildman–Crippen LogP) is 3.68. The van der Waals surface area contributed by atoms with Crippen LogP contribution in [0.25, 0.3) is 0 Å². The van der Waals surface area contributed by atoms with Gasteiger partial charge in [0.25, 0.3) is 0 Å². The molecule has 0 fully saturated rings. The topological polar surface area (TPSA) is 35.2 Å². The highest BCUT2D eigenvalue weighted by Gasteiger charge is 2.10. The molecule has 0 bridgehead atoms. The molecule has 2 rings (SSSR count). The lowest BCUT2D eigenvalue weighted by molar-refractivity contribution is 0.301. The van der Waals surface area contributed by atoms with Crippen LogP contribution in [0.5, 0.6) is 5.75 Å². The Labute approximate surface area is 113 Å². The van der Waals surface area contributed by atoms with Crippen LogP contribution in [0.2, 0.25) is 0 Å². The normalized spacial score (nSPS) is 12.1. The maximum absolute atomic E-state index is 13.5. The zero-order chi connectivity index (χ0) is 13.5. The van der Waals surface area contributed by atoms with E-state index in [2.05, 4.69) is 0 Å². The summed E-state index contributed by atoms with van der Waals surface area (Å²) < 4.78 is 19.1. The van der Waals surface area contributed by atoms with Gasteiger partial charge in [0, 0.05) is 11.6 Å². The average molecular weight is 259 g/mol. The molecule has 19 heavy (non-hydrogen) atoms. The Hall–Kier alpha value is -1.87. The van der Waals surface area contributed by atoms with E-state index in [-0.39, 0.29) is 11.9 Å². The highest BCUT2D eigenvalue weighted by molar-refractivity contribution is 5.21. The Balaban J connectivity index is 1.76. The Morgan fingerprint density at radius 2 is 1.68 bits per heavy atom. The third-order valence-corrected chi connectivity index (χ3v) is 2.98. The first kappa shape index (κ1) is 13.6. The van der Waals surface area contributed by atoms with Gasteiger partial charge >= 0.3 is 0 Å². The predicted molar refractivity (Wildman–Crippen MR) is 74.5 cm³/mol. The van der Waals surface area contributed by atoms with E-state index in [1.807, 2.05) is 30.3 Å². The van der Waals surface area contributed by atoms with Crippen molar-refractivity contribution in [3.63, 3.8) is 0 Å². The summed E-state index contributed by atoms with van der Waals surface area (Å²) in [5, 5.41) is 0. The lowest BCUT2D eigenvalue weighted by Crippen LogP contribution is -2.13. The highest BCUT2D eigenvalue weighted by Crippen LogP contribution is 2.19. The van der Waals surface area contributed by atoms with Gasteiger partial charge in [-0.05, 0) is 31.0 Å². The molecule has 0 amide bonds. The fourth-order valence-electron chi connectivity index (χ4n) is 1.94. The number of benzene rings is 2. The van der Waals surface area contributed by atoms with Crippen molar-refractivity contribution in [2.75, 3.05) is 6.61 Å². The Kier molecular flexibility index (Phi) is 4.93. The Bertz CT molecular complexity index is 501. The third kappa shape index (κ3) is 4.07. The Morgan fingerprint density at radius 3 is 2.42 bits per heavy atom. The van der Waals surface area contributed by atoms with Crippen molar-refractivity contribution < 1.29 is 9.13 Å². The van der Waals surface area contributed by atoms with E-state index in [0.717, 1.165) is 12.2 Å². The van der Waals surface area contributed by atoms with Gasteiger partial charge in [-0.1, -0.05) is 36.4 Å². The number of para-hydroxylation sites is 1. The molecule has 0 heterocycles. The lowest BCUT2D eigenvalue weighted by atomic mass is 10.0. The van der Waals surface area contributed by atoms with Crippen LogP contribution < -0.4 is 10.5 Å². The first-order valence-corrected chi connectivity index (χ1v) is 6.45. The quantitative estimate of drug-likeness (QED) is 0.803. The monoisotopic (exact) mass is 259 g/mol. The molecule has 0 saturated carbocycles. The maximum Gasteiger partial charge on any atom is 0.127 e. The van der Waals surface area contributed by atoms with E-state index in [4.69, 9.17) is 10.5 Å². The summed E-state index contributed by atoms with van der Waals surface area (Å²) in [6, 6.07) is 16.0. The van der Waals surface area contributed by atoms with Gasteiger partial charge in [0.2, 0.25) is 0 Å². The number of hydrogen-bond donors (Lipinski definition) is 1. The third-order valence-electron chi connectivity index (χ3n) is 2.98. The first-order chi connectivity index (χ1) is 9.27. The first-order valence-electron chi connectivity index (χ1n) is 6.45. The second-order valence-electron chi connectivity index (χ2n) is 4.43. The molecule has 0 radical (unpaired) electrons. The van der Waals surface area contributed by atoms with Crippen molar-refractivity contribution in [2.45, 2.75) is 18.9 Å². The van der Waals surface area contributed by atoms with E-state index in [1.165, 1.54) is 6.07 Å². The Morgan fingerprint density at radius 1 is 1.00 bits per heavy atom. The van der Waals surface area contributed by atoms with Crippen molar-refractivity contribution >= 4 is 0 Å². The number of hydrogen-bond acceptors (Lipinski definition) is 2. The molecule has 0 aliphatic rings. The van der Waals surface area contributed by atoms with Crippen LogP contribution in [0, 0.1) is 5.82 Å². The van der Waals surface area contributed by atoms with Crippen LogP contribution >= 0.6 is 0 Å². The summed E-state index contributed by atoms with van der Waals surface area (Å²) >= 11 is 0. The van der Waals surface area contributed by atoms with Crippen molar-refractivity contribution in [2.24, 2.45) is 5.73 Å². The van der Waals surface area contributed by atoms with Gasteiger partial charge in [0.1, 0.15) is 11.6 Å². The number of halogens is 1. The van der Waals surface area contributed by atoms with E-state index < -0.39 is 0 Å².